The van der Waals surface area contributed by atoms with Crippen molar-refractivity contribution >= 4 is 0 Å². The van der Waals surface area contributed by atoms with Crippen LogP contribution in [-0.4, -0.2) is 9.55 Å². The smallest absolute Gasteiger partial charge is 0.145 e. The molecule has 0 aliphatic rings. The highest BCUT2D eigenvalue weighted by Gasteiger charge is 2.22. The molecule has 0 fully saturated rings. The molecule has 0 amide bonds. The number of rotatable bonds is 4. The van der Waals surface area contributed by atoms with Crippen molar-refractivity contribution in [2.24, 2.45) is 0 Å². The van der Waals surface area contributed by atoms with Crippen molar-refractivity contribution < 1.29 is 0 Å². The van der Waals surface area contributed by atoms with Crippen molar-refractivity contribution in [2.45, 2.75) is 6.92 Å². The first-order valence-electron chi connectivity index (χ1n) is 10.2. The zero-order chi connectivity index (χ0) is 20.3. The molecule has 1 heterocycles. The third-order valence-electron chi connectivity index (χ3n) is 5.36. The van der Waals surface area contributed by atoms with E-state index in [0.29, 0.717) is 0 Å². The number of para-hydroxylation sites is 1. The van der Waals surface area contributed by atoms with E-state index in [9.17, 15) is 0 Å². The first kappa shape index (κ1) is 18.1. The minimum atomic E-state index is 0.947. The molecule has 1 aromatic heterocycles. The summed E-state index contributed by atoms with van der Waals surface area (Å²) in [6.07, 6.45) is 0. The van der Waals surface area contributed by atoms with Crippen LogP contribution >= 0.6 is 0 Å². The maximum atomic E-state index is 5.21. The van der Waals surface area contributed by atoms with E-state index < -0.39 is 0 Å². The molecule has 0 saturated heterocycles. The molecule has 2 heteroatoms. The van der Waals surface area contributed by atoms with E-state index in [1.54, 1.807) is 0 Å². The molecule has 0 spiro atoms. The molecule has 144 valence electrons. The molecule has 0 unspecified atom stereocenters. The summed E-state index contributed by atoms with van der Waals surface area (Å²) in [6.45, 7) is 2.15. The molecule has 30 heavy (non-hydrogen) atoms. The number of hydrogen-bond acceptors (Lipinski definition) is 1. The van der Waals surface area contributed by atoms with Crippen LogP contribution in [0.4, 0.5) is 0 Å². The quantitative estimate of drug-likeness (QED) is 0.320. The van der Waals surface area contributed by atoms with Gasteiger partial charge in [-0.1, -0.05) is 109 Å². The lowest BCUT2D eigenvalue weighted by Crippen LogP contribution is -2.02. The minimum Gasteiger partial charge on any atom is -0.291 e. The normalized spacial score (nSPS) is 10.8. The van der Waals surface area contributed by atoms with Crippen LogP contribution in [0.15, 0.2) is 115 Å². The van der Waals surface area contributed by atoms with Gasteiger partial charge in [0, 0.05) is 16.7 Å². The van der Waals surface area contributed by atoms with Crippen LogP contribution < -0.4 is 0 Å². The fourth-order valence-electron chi connectivity index (χ4n) is 3.91. The molecule has 0 radical (unpaired) electrons. The number of nitrogens with zero attached hydrogens (tertiary/aromatic N) is 2. The summed E-state index contributed by atoms with van der Waals surface area (Å²) < 4.78 is 2.31. The number of benzene rings is 4. The highest BCUT2D eigenvalue weighted by molar-refractivity contribution is 5.84. The SMILES string of the molecule is Cc1ccccc1-n1c(-c2ccccc2)nc(-c2ccccc2)c1-c1ccccc1. The molecule has 2 nitrogen and oxygen atoms in total. The van der Waals surface area contributed by atoms with Crippen molar-refractivity contribution in [3.63, 3.8) is 0 Å². The Morgan fingerprint density at radius 1 is 0.533 bits per heavy atom. The van der Waals surface area contributed by atoms with Crippen LogP contribution in [-0.2, 0) is 0 Å². The van der Waals surface area contributed by atoms with Gasteiger partial charge in [0.05, 0.1) is 17.1 Å². The maximum absolute atomic E-state index is 5.21. The van der Waals surface area contributed by atoms with Crippen molar-refractivity contribution in [2.75, 3.05) is 0 Å². The van der Waals surface area contributed by atoms with E-state index in [2.05, 4.69) is 115 Å². The maximum Gasteiger partial charge on any atom is 0.145 e. The molecule has 4 aromatic carbocycles. The van der Waals surface area contributed by atoms with Gasteiger partial charge in [-0.05, 0) is 18.6 Å². The van der Waals surface area contributed by atoms with E-state index >= 15 is 0 Å². The zero-order valence-corrected chi connectivity index (χ0v) is 16.9. The number of aromatic nitrogens is 2. The Bertz CT molecular complexity index is 1270. The molecule has 0 aliphatic carbocycles. The molecule has 0 saturated carbocycles. The van der Waals surface area contributed by atoms with E-state index in [-0.39, 0.29) is 0 Å². The second-order valence-corrected chi connectivity index (χ2v) is 7.35. The second-order valence-electron chi connectivity index (χ2n) is 7.35. The Morgan fingerprint density at radius 2 is 1.03 bits per heavy atom. The van der Waals surface area contributed by atoms with Gasteiger partial charge in [-0.25, -0.2) is 4.98 Å². The van der Waals surface area contributed by atoms with Crippen molar-refractivity contribution in [3.05, 3.63) is 121 Å². The fraction of sp³-hybridized carbons (Fsp3) is 0.0357. The lowest BCUT2D eigenvalue weighted by molar-refractivity contribution is 1.06. The summed E-state index contributed by atoms with van der Waals surface area (Å²) in [5.41, 5.74) is 7.81. The van der Waals surface area contributed by atoms with Crippen LogP contribution in [0.1, 0.15) is 5.56 Å². The van der Waals surface area contributed by atoms with E-state index in [1.165, 1.54) is 5.56 Å². The Labute approximate surface area is 177 Å². The number of aryl methyl sites for hydroxylation is 1. The minimum absolute atomic E-state index is 0.947. The third-order valence-corrected chi connectivity index (χ3v) is 5.36. The average Bonchev–Trinajstić information content (AvgIpc) is 3.21. The van der Waals surface area contributed by atoms with Gasteiger partial charge in [0.25, 0.3) is 0 Å². The van der Waals surface area contributed by atoms with Crippen molar-refractivity contribution in [3.8, 4) is 39.6 Å². The van der Waals surface area contributed by atoms with Crippen molar-refractivity contribution in [1.82, 2.24) is 9.55 Å². The molecule has 0 atom stereocenters. The fourth-order valence-corrected chi connectivity index (χ4v) is 3.91. The van der Waals surface area contributed by atoms with E-state index in [1.807, 2.05) is 12.1 Å². The van der Waals surface area contributed by atoms with Crippen LogP contribution in [0.5, 0.6) is 0 Å². The first-order chi connectivity index (χ1) is 14.8. The Balaban J connectivity index is 1.91. The summed E-state index contributed by atoms with van der Waals surface area (Å²) in [7, 11) is 0. The van der Waals surface area contributed by atoms with E-state index in [4.69, 9.17) is 4.98 Å². The van der Waals surface area contributed by atoms with Crippen molar-refractivity contribution in [1.29, 1.82) is 0 Å². The topological polar surface area (TPSA) is 17.8 Å². The van der Waals surface area contributed by atoms with Crippen LogP contribution in [0, 0.1) is 6.92 Å². The predicted molar refractivity (Wildman–Crippen MR) is 125 cm³/mol. The zero-order valence-electron chi connectivity index (χ0n) is 16.9. The van der Waals surface area contributed by atoms with Gasteiger partial charge in [0.1, 0.15) is 5.82 Å². The second kappa shape index (κ2) is 7.84. The van der Waals surface area contributed by atoms with Gasteiger partial charge in [0.15, 0.2) is 0 Å². The molecule has 0 N–H and O–H groups in total. The summed E-state index contributed by atoms with van der Waals surface area (Å²) in [6, 6.07) is 39.9. The molecule has 5 aromatic rings. The first-order valence-corrected chi connectivity index (χ1v) is 10.2. The molecular weight excluding hydrogens is 364 g/mol. The Hall–Kier alpha value is -3.91. The molecule has 0 aliphatic heterocycles. The van der Waals surface area contributed by atoms with Gasteiger partial charge >= 0.3 is 0 Å². The molecule has 0 bridgehead atoms. The molecule has 5 rings (SSSR count). The van der Waals surface area contributed by atoms with Crippen LogP contribution in [0.2, 0.25) is 0 Å². The number of hydrogen-bond donors (Lipinski definition) is 0. The Kier molecular flexibility index (Phi) is 4.74. The standard InChI is InChI=1S/C28H22N2/c1-21-13-11-12-20-25(21)30-27(23-16-7-3-8-17-23)26(22-14-5-2-6-15-22)29-28(30)24-18-9-4-10-19-24/h2-20H,1H3. The third kappa shape index (κ3) is 3.23. The lowest BCUT2D eigenvalue weighted by atomic mass is 10.0. The van der Waals surface area contributed by atoms with Gasteiger partial charge in [-0.15, -0.1) is 0 Å². The highest BCUT2D eigenvalue weighted by Crippen LogP contribution is 2.39. The lowest BCUT2D eigenvalue weighted by Gasteiger charge is -2.15. The summed E-state index contributed by atoms with van der Waals surface area (Å²) in [5, 5.41) is 0. The molecular formula is C28H22N2. The van der Waals surface area contributed by atoms with Gasteiger partial charge in [-0.3, -0.25) is 4.57 Å². The average molecular weight is 386 g/mol. The monoisotopic (exact) mass is 386 g/mol. The van der Waals surface area contributed by atoms with Gasteiger partial charge in [-0.2, -0.15) is 0 Å². The summed E-state index contributed by atoms with van der Waals surface area (Å²) in [5.74, 6) is 0.947. The van der Waals surface area contributed by atoms with Gasteiger partial charge in [0.2, 0.25) is 0 Å². The van der Waals surface area contributed by atoms with E-state index in [0.717, 1.165) is 39.6 Å². The predicted octanol–water partition coefficient (Wildman–Crippen LogP) is 7.18. The van der Waals surface area contributed by atoms with Crippen LogP contribution in [0.3, 0.4) is 0 Å². The van der Waals surface area contributed by atoms with Gasteiger partial charge < -0.3 is 0 Å². The van der Waals surface area contributed by atoms with Crippen LogP contribution in [0.25, 0.3) is 39.6 Å². The summed E-state index contributed by atoms with van der Waals surface area (Å²) >= 11 is 0. The summed E-state index contributed by atoms with van der Waals surface area (Å²) in [4.78, 5) is 5.21. The Morgan fingerprint density at radius 3 is 1.63 bits per heavy atom. The highest BCUT2D eigenvalue weighted by atomic mass is 15.1. The largest absolute Gasteiger partial charge is 0.291 e. The number of imidazole rings is 1.